The Morgan fingerprint density at radius 2 is 1.82 bits per heavy atom. The van der Waals surface area contributed by atoms with E-state index in [0.29, 0.717) is 18.2 Å². The van der Waals surface area contributed by atoms with Crippen molar-refractivity contribution < 1.29 is 9.53 Å². The molecule has 4 heterocycles. The van der Waals surface area contributed by atoms with E-state index in [1.54, 1.807) is 6.33 Å². The van der Waals surface area contributed by atoms with Gasteiger partial charge >= 0.3 is 5.97 Å². The van der Waals surface area contributed by atoms with Gasteiger partial charge in [-0.1, -0.05) is 30.3 Å². The quantitative estimate of drug-likeness (QED) is 0.257. The molecule has 1 fully saturated rings. The second-order valence-electron chi connectivity index (χ2n) is 10.3. The van der Waals surface area contributed by atoms with Gasteiger partial charge in [0.05, 0.1) is 23.5 Å². The Morgan fingerprint density at radius 3 is 2.62 bits per heavy atom. The third-order valence-electron chi connectivity index (χ3n) is 8.08. The van der Waals surface area contributed by atoms with E-state index in [0.717, 1.165) is 61.5 Å². The number of likely N-dealkylation sites (tertiary alicyclic amines) is 1. The molecule has 2 aliphatic rings. The van der Waals surface area contributed by atoms with Crippen LogP contribution in [0.2, 0.25) is 0 Å². The Kier molecular flexibility index (Phi) is 9.31. The number of rotatable bonds is 6. The van der Waals surface area contributed by atoms with Gasteiger partial charge in [0, 0.05) is 17.6 Å². The van der Waals surface area contributed by atoms with E-state index >= 15 is 0 Å². The molecule has 0 saturated carbocycles. The predicted molar refractivity (Wildman–Crippen MR) is 160 cm³/mol. The molecule has 206 valence electrons. The van der Waals surface area contributed by atoms with E-state index in [4.69, 9.17) is 9.72 Å². The van der Waals surface area contributed by atoms with Gasteiger partial charge in [-0.3, -0.25) is 4.98 Å². The highest BCUT2D eigenvalue weighted by Crippen LogP contribution is 2.33. The fraction of sp³-hybridized carbons (Fsp3) is 0.387. The lowest BCUT2D eigenvalue weighted by Gasteiger charge is -2.33. The summed E-state index contributed by atoms with van der Waals surface area (Å²) in [5, 5.41) is 1.31. The van der Waals surface area contributed by atoms with Crippen molar-refractivity contribution in [1.82, 2.24) is 19.4 Å². The summed E-state index contributed by atoms with van der Waals surface area (Å²) in [6, 6.07) is 17.5. The Labute approximate surface area is 242 Å². The van der Waals surface area contributed by atoms with Crippen LogP contribution < -0.4 is 0 Å². The number of nitrogens with zero attached hydrogens (tertiary/aromatic N) is 4. The number of pyridine rings is 1. The predicted octanol–water partition coefficient (Wildman–Crippen LogP) is 6.27. The van der Waals surface area contributed by atoms with Crippen LogP contribution in [-0.2, 0) is 24.0 Å². The normalized spacial score (nSPS) is 15.1. The Balaban J connectivity index is 0.00000176. The number of esters is 1. The number of hydrogen-bond acceptors (Lipinski definition) is 5. The van der Waals surface area contributed by atoms with E-state index in [1.165, 1.54) is 34.9 Å². The standard InChI is InChI=1S/C31H34N4O2.2ClH/c1-3-37-31(36)30-29-13-12-25-22(6-4-9-28(25)35(29)20-32-30)14-17-34-18-15-23(16-19-34)24-7-5-8-27-26(24)11-10-21(2)33-27;;/h4-11,20,23H,3,12-19H2,1-2H3;2*1H. The van der Waals surface area contributed by atoms with Crippen LogP contribution in [0.4, 0.5) is 0 Å². The molecular formula is C31H36Cl2N4O2. The van der Waals surface area contributed by atoms with Crippen LogP contribution in [0.25, 0.3) is 16.6 Å². The minimum absolute atomic E-state index is 0. The molecule has 4 aromatic rings. The molecule has 0 aliphatic carbocycles. The molecule has 6 nitrogen and oxygen atoms in total. The smallest absolute Gasteiger partial charge is 0.358 e. The summed E-state index contributed by atoms with van der Waals surface area (Å²) >= 11 is 0. The van der Waals surface area contributed by atoms with Crippen LogP contribution in [0, 0.1) is 6.92 Å². The van der Waals surface area contributed by atoms with Crippen molar-refractivity contribution in [3.05, 3.63) is 88.6 Å². The number of hydrogen-bond donors (Lipinski definition) is 0. The van der Waals surface area contributed by atoms with Crippen LogP contribution in [0.1, 0.15) is 64.2 Å². The molecule has 39 heavy (non-hydrogen) atoms. The molecule has 2 aromatic carbocycles. The molecular weight excluding hydrogens is 531 g/mol. The van der Waals surface area contributed by atoms with Gasteiger partial charge in [-0.2, -0.15) is 0 Å². The average Bonchev–Trinajstić information content (AvgIpc) is 3.37. The Morgan fingerprint density at radius 1 is 1.03 bits per heavy atom. The van der Waals surface area contributed by atoms with Gasteiger partial charge in [0.2, 0.25) is 0 Å². The van der Waals surface area contributed by atoms with Crippen LogP contribution in [0.15, 0.2) is 54.9 Å². The Bertz CT molecular complexity index is 1460. The molecule has 2 aromatic heterocycles. The molecule has 1 saturated heterocycles. The third-order valence-corrected chi connectivity index (χ3v) is 8.08. The highest BCUT2D eigenvalue weighted by Gasteiger charge is 2.26. The lowest BCUT2D eigenvalue weighted by Crippen LogP contribution is -2.34. The van der Waals surface area contributed by atoms with Crippen molar-refractivity contribution >= 4 is 41.7 Å². The van der Waals surface area contributed by atoms with Crippen molar-refractivity contribution in [2.45, 2.75) is 51.9 Å². The summed E-state index contributed by atoms with van der Waals surface area (Å²) in [4.78, 5) is 24.1. The van der Waals surface area contributed by atoms with Crippen LogP contribution >= 0.6 is 24.8 Å². The zero-order valence-corrected chi connectivity index (χ0v) is 24.2. The second-order valence-corrected chi connectivity index (χ2v) is 10.3. The number of halogens is 2. The van der Waals surface area contributed by atoms with Gasteiger partial charge in [-0.05, 0) is 99.8 Å². The zero-order valence-electron chi connectivity index (χ0n) is 22.6. The van der Waals surface area contributed by atoms with Gasteiger partial charge in [0.25, 0.3) is 0 Å². The van der Waals surface area contributed by atoms with Gasteiger partial charge in [0.1, 0.15) is 6.33 Å². The minimum atomic E-state index is -0.325. The molecule has 6 rings (SSSR count). The second kappa shape index (κ2) is 12.5. The first-order chi connectivity index (χ1) is 18.1. The van der Waals surface area contributed by atoms with E-state index in [-0.39, 0.29) is 30.8 Å². The summed E-state index contributed by atoms with van der Waals surface area (Å²) in [6.45, 7) is 7.58. The molecule has 8 heteroatoms. The maximum Gasteiger partial charge on any atom is 0.358 e. The first-order valence-electron chi connectivity index (χ1n) is 13.6. The zero-order chi connectivity index (χ0) is 25.4. The summed E-state index contributed by atoms with van der Waals surface area (Å²) in [5.74, 6) is 0.274. The molecule has 0 spiro atoms. The fourth-order valence-electron chi connectivity index (χ4n) is 6.19. The van der Waals surface area contributed by atoms with Crippen LogP contribution in [0.3, 0.4) is 0 Å². The number of carbonyl (C=O) groups excluding carboxylic acids is 1. The molecule has 0 atom stereocenters. The van der Waals surface area contributed by atoms with Crippen LogP contribution in [0.5, 0.6) is 0 Å². The number of ether oxygens (including phenoxy) is 1. The lowest BCUT2D eigenvalue weighted by molar-refractivity contribution is 0.0518. The van der Waals surface area contributed by atoms with E-state index in [2.05, 4.69) is 69.9 Å². The molecule has 0 amide bonds. The number of fused-ring (bicyclic) bond motifs is 4. The summed E-state index contributed by atoms with van der Waals surface area (Å²) < 4.78 is 7.29. The number of imidazole rings is 1. The molecule has 0 N–H and O–H groups in total. The van der Waals surface area contributed by atoms with Crippen molar-refractivity contribution in [3.63, 3.8) is 0 Å². The average molecular weight is 568 g/mol. The maximum absolute atomic E-state index is 12.3. The monoisotopic (exact) mass is 566 g/mol. The number of benzene rings is 2. The van der Waals surface area contributed by atoms with Crippen LogP contribution in [-0.4, -0.2) is 51.6 Å². The summed E-state index contributed by atoms with van der Waals surface area (Å²) in [5.41, 5.74) is 9.01. The SMILES string of the molecule is CCOC(=O)c1ncn2c1CCc1c(CCN3CCC(c4cccc5nc(C)ccc45)CC3)cccc1-2.Cl.Cl. The molecule has 0 radical (unpaired) electrons. The van der Waals surface area contributed by atoms with E-state index < -0.39 is 0 Å². The van der Waals surface area contributed by atoms with Gasteiger partial charge in [0.15, 0.2) is 5.69 Å². The van der Waals surface area contributed by atoms with Crippen molar-refractivity contribution in [2.75, 3.05) is 26.2 Å². The lowest BCUT2D eigenvalue weighted by atomic mass is 9.87. The van der Waals surface area contributed by atoms with Gasteiger partial charge < -0.3 is 14.2 Å². The molecule has 0 unspecified atom stereocenters. The highest BCUT2D eigenvalue weighted by molar-refractivity contribution is 5.89. The summed E-state index contributed by atoms with van der Waals surface area (Å²) in [7, 11) is 0. The summed E-state index contributed by atoms with van der Waals surface area (Å²) in [6.07, 6.45) is 6.94. The fourth-order valence-corrected chi connectivity index (χ4v) is 6.19. The first kappa shape index (κ1) is 29.1. The topological polar surface area (TPSA) is 60.2 Å². The minimum Gasteiger partial charge on any atom is -0.461 e. The van der Waals surface area contributed by atoms with Gasteiger partial charge in [-0.25, -0.2) is 9.78 Å². The molecule has 0 bridgehead atoms. The first-order valence-corrected chi connectivity index (χ1v) is 13.6. The van der Waals surface area contributed by atoms with Crippen molar-refractivity contribution in [3.8, 4) is 5.69 Å². The number of aromatic nitrogens is 3. The van der Waals surface area contributed by atoms with E-state index in [9.17, 15) is 4.79 Å². The van der Waals surface area contributed by atoms with E-state index in [1.807, 2.05) is 6.92 Å². The highest BCUT2D eigenvalue weighted by atomic mass is 35.5. The Hall–Kier alpha value is -2.93. The maximum atomic E-state index is 12.3. The third kappa shape index (κ3) is 5.69. The van der Waals surface area contributed by atoms with Crippen molar-refractivity contribution in [1.29, 1.82) is 0 Å². The number of piperidine rings is 1. The number of carbonyl (C=O) groups is 1. The number of aryl methyl sites for hydroxylation is 1. The largest absolute Gasteiger partial charge is 0.461 e. The van der Waals surface area contributed by atoms with Gasteiger partial charge in [-0.15, -0.1) is 24.8 Å². The van der Waals surface area contributed by atoms with Crippen molar-refractivity contribution in [2.24, 2.45) is 0 Å². The molecule has 2 aliphatic heterocycles.